The first kappa shape index (κ1) is 23.8. The fraction of sp³-hybridized carbons (Fsp3) is 0.636. The number of hydrogen-bond donors (Lipinski definition) is 0. The molecule has 1 saturated carbocycles. The first-order valence-corrected chi connectivity index (χ1v) is 12.7. The molecule has 0 spiro atoms. The molecular formula is C22H31FN2O5S. The molecule has 0 atom stereocenters. The molecule has 0 N–H and O–H groups in total. The van der Waals surface area contributed by atoms with Crippen LogP contribution in [0.2, 0.25) is 0 Å². The van der Waals surface area contributed by atoms with Gasteiger partial charge in [-0.05, 0) is 43.7 Å². The van der Waals surface area contributed by atoms with Gasteiger partial charge in [-0.25, -0.2) is 12.8 Å². The van der Waals surface area contributed by atoms with Crippen molar-refractivity contribution in [2.24, 2.45) is 5.92 Å². The SMILES string of the molecule is O=C1c2ccccc2C(=O)N1CCCCCS(=O)(=O)N(CCF)OCC1CCCCC1. The molecule has 3 rings (SSSR count). The van der Waals surface area contributed by atoms with Gasteiger partial charge in [-0.1, -0.05) is 42.3 Å². The van der Waals surface area contributed by atoms with Gasteiger partial charge in [0.2, 0.25) is 10.0 Å². The molecule has 0 radical (unpaired) electrons. The Bertz CT molecular complexity index is 835. The van der Waals surface area contributed by atoms with E-state index in [4.69, 9.17) is 4.84 Å². The number of carbonyl (C=O) groups excluding carboxylic acids is 2. The number of carbonyl (C=O) groups is 2. The lowest BCUT2D eigenvalue weighted by molar-refractivity contribution is -0.104. The summed E-state index contributed by atoms with van der Waals surface area (Å²) < 4.78 is 38.9. The zero-order valence-corrected chi connectivity index (χ0v) is 18.6. The minimum Gasteiger partial charge on any atom is -0.284 e. The third-order valence-electron chi connectivity index (χ3n) is 5.92. The molecular weight excluding hydrogens is 423 g/mol. The fourth-order valence-corrected chi connectivity index (χ4v) is 5.51. The van der Waals surface area contributed by atoms with Crippen LogP contribution in [0.25, 0.3) is 0 Å². The number of hydroxylamine groups is 1. The van der Waals surface area contributed by atoms with Gasteiger partial charge in [-0.15, -0.1) is 0 Å². The summed E-state index contributed by atoms with van der Waals surface area (Å²) in [6.45, 7) is -0.550. The summed E-state index contributed by atoms with van der Waals surface area (Å²) in [5, 5.41) is 0. The predicted molar refractivity (Wildman–Crippen MR) is 115 cm³/mol. The van der Waals surface area contributed by atoms with Crippen molar-refractivity contribution in [3.63, 3.8) is 0 Å². The Balaban J connectivity index is 1.42. The molecule has 0 saturated heterocycles. The molecule has 172 valence electrons. The van der Waals surface area contributed by atoms with Gasteiger partial charge in [0.1, 0.15) is 6.67 Å². The molecule has 1 heterocycles. The number of unbranched alkanes of at least 4 members (excludes halogenated alkanes) is 2. The van der Waals surface area contributed by atoms with Crippen molar-refractivity contribution < 1.29 is 27.2 Å². The van der Waals surface area contributed by atoms with Crippen molar-refractivity contribution in [3.05, 3.63) is 35.4 Å². The zero-order chi connectivity index (χ0) is 22.3. The van der Waals surface area contributed by atoms with Gasteiger partial charge in [0.05, 0.1) is 30.0 Å². The highest BCUT2D eigenvalue weighted by molar-refractivity contribution is 7.88. The summed E-state index contributed by atoms with van der Waals surface area (Å²) in [5.41, 5.74) is 0.819. The third-order valence-corrected chi connectivity index (χ3v) is 7.63. The minimum atomic E-state index is -3.73. The van der Waals surface area contributed by atoms with Gasteiger partial charge in [0.25, 0.3) is 11.8 Å². The van der Waals surface area contributed by atoms with E-state index >= 15 is 0 Å². The van der Waals surface area contributed by atoms with E-state index in [1.54, 1.807) is 24.3 Å². The van der Waals surface area contributed by atoms with Gasteiger partial charge in [-0.2, -0.15) is 0 Å². The second-order valence-corrected chi connectivity index (χ2v) is 10.2. The normalized spacial score (nSPS) is 17.5. The van der Waals surface area contributed by atoms with Gasteiger partial charge >= 0.3 is 0 Å². The van der Waals surface area contributed by atoms with E-state index in [-0.39, 0.29) is 30.7 Å². The quantitative estimate of drug-likeness (QED) is 0.274. The largest absolute Gasteiger partial charge is 0.284 e. The lowest BCUT2D eigenvalue weighted by atomic mass is 9.90. The summed E-state index contributed by atoms with van der Waals surface area (Å²) in [5.74, 6) is -0.442. The van der Waals surface area contributed by atoms with Crippen molar-refractivity contribution >= 4 is 21.8 Å². The second kappa shape index (κ2) is 11.2. The monoisotopic (exact) mass is 454 g/mol. The standard InChI is InChI=1S/C22H31FN2O5S/c23-13-15-25(30-17-18-9-3-1-4-10-18)31(28,29)16-8-2-7-14-24-21(26)19-11-5-6-12-20(19)22(24)27/h5-6,11-12,18H,1-4,7-10,13-17H2. The molecule has 0 bridgehead atoms. The molecule has 0 aromatic heterocycles. The lowest BCUT2D eigenvalue weighted by Gasteiger charge is -2.25. The van der Waals surface area contributed by atoms with Crippen LogP contribution < -0.4 is 0 Å². The van der Waals surface area contributed by atoms with Gasteiger partial charge in [0.15, 0.2) is 0 Å². The van der Waals surface area contributed by atoms with Crippen LogP contribution in [0.1, 0.15) is 72.1 Å². The molecule has 7 nitrogen and oxygen atoms in total. The smallest absolute Gasteiger partial charge is 0.261 e. The van der Waals surface area contributed by atoms with Crippen LogP contribution in [0.15, 0.2) is 24.3 Å². The maximum atomic E-state index is 12.9. The van der Waals surface area contributed by atoms with Crippen molar-refractivity contribution in [3.8, 4) is 0 Å². The summed E-state index contributed by atoms with van der Waals surface area (Å²) in [7, 11) is -3.73. The Hall–Kier alpha value is -1.84. The molecule has 1 fully saturated rings. The summed E-state index contributed by atoms with van der Waals surface area (Å²) in [6.07, 6.45) is 6.85. The average molecular weight is 455 g/mol. The summed E-state index contributed by atoms with van der Waals surface area (Å²) in [6, 6.07) is 6.71. The van der Waals surface area contributed by atoms with Crippen LogP contribution in [0.3, 0.4) is 0 Å². The summed E-state index contributed by atoms with van der Waals surface area (Å²) in [4.78, 5) is 31.4. The topological polar surface area (TPSA) is 84.0 Å². The van der Waals surface area contributed by atoms with Crippen LogP contribution in [0.5, 0.6) is 0 Å². The van der Waals surface area contributed by atoms with Crippen LogP contribution in [0.4, 0.5) is 4.39 Å². The maximum Gasteiger partial charge on any atom is 0.261 e. The molecule has 1 aromatic carbocycles. The molecule has 31 heavy (non-hydrogen) atoms. The van der Waals surface area contributed by atoms with Crippen molar-refractivity contribution in [2.45, 2.75) is 51.4 Å². The predicted octanol–water partition coefficient (Wildman–Crippen LogP) is 3.57. The van der Waals surface area contributed by atoms with Gasteiger partial charge < -0.3 is 0 Å². The number of rotatable bonds is 12. The number of amides is 2. The number of alkyl halides is 1. The second-order valence-electron chi connectivity index (χ2n) is 8.20. The molecule has 1 aromatic rings. The first-order chi connectivity index (χ1) is 14.9. The molecule has 9 heteroatoms. The number of sulfonamides is 1. The van der Waals surface area contributed by atoms with E-state index in [9.17, 15) is 22.4 Å². The number of fused-ring (bicyclic) bond motifs is 1. The highest BCUT2D eigenvalue weighted by Gasteiger charge is 2.34. The first-order valence-electron chi connectivity index (χ1n) is 11.1. The molecule has 1 aliphatic heterocycles. The van der Waals surface area contributed by atoms with E-state index in [0.29, 0.717) is 42.9 Å². The zero-order valence-electron chi connectivity index (χ0n) is 17.8. The fourth-order valence-electron chi connectivity index (χ4n) is 4.17. The summed E-state index contributed by atoms with van der Waals surface area (Å²) >= 11 is 0. The van der Waals surface area contributed by atoms with Gasteiger partial charge in [0, 0.05) is 6.54 Å². The Labute approximate surface area is 183 Å². The van der Waals surface area contributed by atoms with Crippen molar-refractivity contribution in [1.29, 1.82) is 0 Å². The lowest BCUT2D eigenvalue weighted by Crippen LogP contribution is -2.36. The highest BCUT2D eigenvalue weighted by atomic mass is 32.2. The van der Waals surface area contributed by atoms with Crippen molar-refractivity contribution in [2.75, 3.05) is 32.1 Å². The number of halogens is 1. The van der Waals surface area contributed by atoms with Gasteiger partial charge in [-0.3, -0.25) is 19.3 Å². The number of imide groups is 1. The average Bonchev–Trinajstić information content (AvgIpc) is 3.02. The third kappa shape index (κ3) is 6.11. The van der Waals surface area contributed by atoms with E-state index in [0.717, 1.165) is 30.2 Å². The van der Waals surface area contributed by atoms with Crippen LogP contribution in [0, 0.1) is 5.92 Å². The molecule has 1 aliphatic carbocycles. The number of benzene rings is 1. The number of hydrogen-bond acceptors (Lipinski definition) is 5. The minimum absolute atomic E-state index is 0.153. The van der Waals surface area contributed by atoms with E-state index in [1.807, 2.05) is 0 Å². The van der Waals surface area contributed by atoms with Crippen LogP contribution >= 0.6 is 0 Å². The van der Waals surface area contributed by atoms with E-state index in [2.05, 4.69) is 0 Å². The molecule has 0 unspecified atom stereocenters. The van der Waals surface area contributed by atoms with E-state index in [1.165, 1.54) is 11.3 Å². The molecule has 2 amide bonds. The van der Waals surface area contributed by atoms with Crippen molar-refractivity contribution in [1.82, 2.24) is 9.37 Å². The van der Waals surface area contributed by atoms with Crippen LogP contribution in [-0.4, -0.2) is 61.7 Å². The van der Waals surface area contributed by atoms with E-state index < -0.39 is 16.7 Å². The Morgan fingerprint density at radius 1 is 1.00 bits per heavy atom. The molecule has 2 aliphatic rings. The Kier molecular flexibility index (Phi) is 8.57. The maximum absolute atomic E-state index is 12.9. The Morgan fingerprint density at radius 3 is 2.26 bits per heavy atom. The highest BCUT2D eigenvalue weighted by Crippen LogP contribution is 2.25. The van der Waals surface area contributed by atoms with Crippen LogP contribution in [-0.2, 0) is 14.9 Å². The number of nitrogens with zero attached hydrogens (tertiary/aromatic N) is 2. The Morgan fingerprint density at radius 2 is 1.65 bits per heavy atom.